The van der Waals surface area contributed by atoms with Crippen molar-refractivity contribution < 1.29 is 19.4 Å². The third-order valence-corrected chi connectivity index (χ3v) is 5.41. The van der Waals surface area contributed by atoms with Gasteiger partial charge in [0.15, 0.2) is 0 Å². The number of imide groups is 1. The van der Waals surface area contributed by atoms with Gasteiger partial charge >= 0.3 is 6.09 Å². The molecule has 0 saturated carbocycles. The van der Waals surface area contributed by atoms with Crippen LogP contribution in [0.4, 0.5) is 4.79 Å². The van der Waals surface area contributed by atoms with Crippen LogP contribution < -0.4 is 0 Å². The fourth-order valence-corrected chi connectivity index (χ4v) is 4.56. The van der Waals surface area contributed by atoms with E-state index >= 15 is 0 Å². The quantitative estimate of drug-likeness (QED) is 0.412. The fraction of sp³-hybridized carbons (Fsp3) is 0.684. The molecule has 0 aromatic carbocycles. The summed E-state index contributed by atoms with van der Waals surface area (Å²) in [7, 11) is 0. The first-order valence-electron chi connectivity index (χ1n) is 8.70. The van der Waals surface area contributed by atoms with E-state index in [9.17, 15) is 14.7 Å². The molecule has 132 valence electrons. The number of rotatable bonds is 0. The third-order valence-electron chi connectivity index (χ3n) is 5.41. The van der Waals surface area contributed by atoms with Crippen LogP contribution in [0.3, 0.4) is 0 Å². The summed E-state index contributed by atoms with van der Waals surface area (Å²) in [5.41, 5.74) is 2.17. The van der Waals surface area contributed by atoms with Crippen LogP contribution in [-0.2, 0) is 9.53 Å². The van der Waals surface area contributed by atoms with Gasteiger partial charge < -0.3 is 9.84 Å². The molecule has 1 fully saturated rings. The summed E-state index contributed by atoms with van der Waals surface area (Å²) in [4.78, 5) is 26.7. The monoisotopic (exact) mass is 333 g/mol. The number of hydrogen-bond acceptors (Lipinski definition) is 4. The molecular formula is C19H27NO4. The zero-order chi connectivity index (χ0) is 17.9. The molecule has 5 nitrogen and oxygen atoms in total. The number of carbonyl (C=O) groups is 2. The second-order valence-electron chi connectivity index (χ2n) is 8.75. The first kappa shape index (κ1) is 17.1. The summed E-state index contributed by atoms with van der Waals surface area (Å²) in [6.45, 7) is 9.73. The number of amides is 2. The number of hydrogen-bond donors (Lipinski definition) is 1. The van der Waals surface area contributed by atoms with Crippen molar-refractivity contribution in [1.29, 1.82) is 0 Å². The van der Waals surface area contributed by atoms with Gasteiger partial charge in [0, 0.05) is 5.92 Å². The van der Waals surface area contributed by atoms with Gasteiger partial charge in [-0.05, 0) is 57.4 Å². The van der Waals surface area contributed by atoms with E-state index in [2.05, 4.69) is 13.8 Å². The molecular weight excluding hydrogens is 306 g/mol. The standard InChI is InChI=1S/C19H27NO4/c1-18(2,3)24-17(23)20-15-12(13(10-21)16(20)22)9-11-7-6-8-19(4,5)14(11)15/h10,12,15,21H,6-9H2,1-5H3/b13-10+/t12-,15+/m1/s1. The highest BCUT2D eigenvalue weighted by atomic mass is 16.6. The maximum Gasteiger partial charge on any atom is 0.417 e. The molecule has 1 aliphatic heterocycles. The molecule has 0 aromatic rings. The minimum Gasteiger partial charge on any atom is -0.515 e. The summed E-state index contributed by atoms with van der Waals surface area (Å²) < 4.78 is 5.48. The number of aliphatic hydroxyl groups is 1. The van der Waals surface area contributed by atoms with Crippen molar-refractivity contribution in [3.63, 3.8) is 0 Å². The predicted molar refractivity (Wildman–Crippen MR) is 90.3 cm³/mol. The number of ether oxygens (including phenoxy) is 1. The molecule has 3 rings (SSSR count). The van der Waals surface area contributed by atoms with E-state index in [-0.39, 0.29) is 17.4 Å². The molecule has 1 heterocycles. The van der Waals surface area contributed by atoms with E-state index in [0.29, 0.717) is 5.57 Å². The molecule has 0 unspecified atom stereocenters. The fourth-order valence-electron chi connectivity index (χ4n) is 4.56. The lowest BCUT2D eigenvalue weighted by Crippen LogP contribution is -2.45. The number of carbonyl (C=O) groups excluding carboxylic acids is 2. The predicted octanol–water partition coefficient (Wildman–Crippen LogP) is 4.10. The largest absolute Gasteiger partial charge is 0.515 e. The van der Waals surface area contributed by atoms with Gasteiger partial charge in [0.25, 0.3) is 5.91 Å². The second-order valence-corrected chi connectivity index (χ2v) is 8.75. The van der Waals surface area contributed by atoms with Crippen LogP contribution in [0, 0.1) is 11.3 Å². The molecule has 0 radical (unpaired) electrons. The number of aliphatic hydroxyl groups excluding tert-OH is 1. The SMILES string of the molecule is CC(C)(C)OC(=O)N1C(=O)/C(=C/O)[C@H]2CC3=C([C@H]21)C(C)(C)CCC3. The summed E-state index contributed by atoms with van der Waals surface area (Å²) in [5, 5.41) is 9.60. The first-order valence-corrected chi connectivity index (χ1v) is 8.70. The van der Waals surface area contributed by atoms with Gasteiger partial charge in [0.2, 0.25) is 0 Å². The number of likely N-dealkylation sites (tertiary alicyclic amines) is 1. The Hall–Kier alpha value is -1.78. The highest BCUT2D eigenvalue weighted by molar-refractivity contribution is 6.06. The zero-order valence-corrected chi connectivity index (χ0v) is 15.2. The molecule has 1 N–H and O–H groups in total. The average molecular weight is 333 g/mol. The van der Waals surface area contributed by atoms with E-state index in [1.165, 1.54) is 16.0 Å². The maximum atomic E-state index is 12.7. The Labute approximate surface area is 143 Å². The van der Waals surface area contributed by atoms with Gasteiger partial charge in [-0.15, -0.1) is 0 Å². The lowest BCUT2D eigenvalue weighted by atomic mass is 9.72. The number of nitrogens with zero attached hydrogens (tertiary/aromatic N) is 1. The molecule has 0 bridgehead atoms. The van der Waals surface area contributed by atoms with E-state index < -0.39 is 17.6 Å². The minimum absolute atomic E-state index is 0.0432. The van der Waals surface area contributed by atoms with Gasteiger partial charge in [0.1, 0.15) is 5.60 Å². The topological polar surface area (TPSA) is 66.8 Å². The van der Waals surface area contributed by atoms with Crippen LogP contribution in [0.2, 0.25) is 0 Å². The minimum atomic E-state index is -0.670. The smallest absolute Gasteiger partial charge is 0.417 e. The van der Waals surface area contributed by atoms with E-state index in [1.807, 2.05) is 0 Å². The van der Waals surface area contributed by atoms with Gasteiger partial charge in [-0.1, -0.05) is 19.4 Å². The van der Waals surface area contributed by atoms with E-state index in [1.54, 1.807) is 20.8 Å². The van der Waals surface area contributed by atoms with Crippen molar-refractivity contribution in [2.45, 2.75) is 71.9 Å². The van der Waals surface area contributed by atoms with Crippen molar-refractivity contribution in [3.05, 3.63) is 23.0 Å². The van der Waals surface area contributed by atoms with Crippen molar-refractivity contribution in [2.75, 3.05) is 0 Å². The van der Waals surface area contributed by atoms with E-state index in [4.69, 9.17) is 4.74 Å². The average Bonchev–Trinajstić information content (AvgIpc) is 2.89. The third kappa shape index (κ3) is 2.54. The lowest BCUT2D eigenvalue weighted by molar-refractivity contribution is -0.125. The van der Waals surface area contributed by atoms with Crippen LogP contribution in [0.15, 0.2) is 23.0 Å². The van der Waals surface area contributed by atoms with Crippen LogP contribution in [0.5, 0.6) is 0 Å². The lowest BCUT2D eigenvalue weighted by Gasteiger charge is -2.38. The molecule has 24 heavy (non-hydrogen) atoms. The molecule has 1 saturated heterocycles. The molecule has 0 aromatic heterocycles. The zero-order valence-electron chi connectivity index (χ0n) is 15.2. The Morgan fingerprint density at radius 2 is 2.04 bits per heavy atom. The Bertz CT molecular complexity index is 651. The summed E-state index contributed by atoms with van der Waals surface area (Å²) >= 11 is 0. The summed E-state index contributed by atoms with van der Waals surface area (Å²) in [6, 6.07) is -0.309. The Balaban J connectivity index is 2.04. The van der Waals surface area contributed by atoms with Crippen molar-refractivity contribution in [2.24, 2.45) is 11.3 Å². The summed E-state index contributed by atoms with van der Waals surface area (Å²) in [5.74, 6) is -0.563. The van der Waals surface area contributed by atoms with Crippen molar-refractivity contribution in [1.82, 2.24) is 4.90 Å². The summed E-state index contributed by atoms with van der Waals surface area (Å²) in [6.07, 6.45) is 4.21. The second kappa shape index (κ2) is 5.36. The van der Waals surface area contributed by atoms with Crippen LogP contribution in [-0.4, -0.2) is 33.6 Å². The van der Waals surface area contributed by atoms with Gasteiger partial charge in [0.05, 0.1) is 17.9 Å². The normalized spacial score (nSPS) is 30.6. The molecule has 2 amide bonds. The highest BCUT2D eigenvalue weighted by Gasteiger charge is 2.56. The molecule has 2 atom stereocenters. The van der Waals surface area contributed by atoms with Gasteiger partial charge in [-0.25, -0.2) is 9.69 Å². The Morgan fingerprint density at radius 1 is 1.38 bits per heavy atom. The van der Waals surface area contributed by atoms with Gasteiger partial charge in [-0.2, -0.15) is 0 Å². The van der Waals surface area contributed by atoms with Crippen molar-refractivity contribution in [3.8, 4) is 0 Å². The Kier molecular flexibility index (Phi) is 3.81. The molecule has 5 heteroatoms. The Morgan fingerprint density at radius 3 is 2.62 bits per heavy atom. The molecule has 0 spiro atoms. The van der Waals surface area contributed by atoms with Crippen LogP contribution in [0.25, 0.3) is 0 Å². The number of fused-ring (bicyclic) bond motifs is 2. The van der Waals surface area contributed by atoms with Crippen LogP contribution in [0.1, 0.15) is 60.3 Å². The van der Waals surface area contributed by atoms with Gasteiger partial charge in [-0.3, -0.25) is 4.79 Å². The molecule has 2 aliphatic carbocycles. The molecule has 3 aliphatic rings. The highest BCUT2D eigenvalue weighted by Crippen LogP contribution is 2.55. The van der Waals surface area contributed by atoms with E-state index in [0.717, 1.165) is 31.9 Å². The van der Waals surface area contributed by atoms with Crippen molar-refractivity contribution >= 4 is 12.0 Å². The maximum absolute atomic E-state index is 12.7. The first-order chi connectivity index (χ1) is 11.1. The van der Waals surface area contributed by atoms with Crippen LogP contribution >= 0.6 is 0 Å². The number of allylic oxidation sites excluding steroid dienone is 1.